The van der Waals surface area contributed by atoms with Gasteiger partial charge in [0.05, 0.1) is 5.69 Å². The second kappa shape index (κ2) is 5.78. The lowest BCUT2D eigenvalue weighted by Crippen LogP contribution is -2.22. The highest BCUT2D eigenvalue weighted by molar-refractivity contribution is 5.43. The Morgan fingerprint density at radius 1 is 1.20 bits per heavy atom. The van der Waals surface area contributed by atoms with Crippen LogP contribution in [0.1, 0.15) is 57.0 Å². The molecule has 2 rings (SSSR count). The Kier molecular flexibility index (Phi) is 4.26. The standard InChI is InChI=1S/C17H25N3/c1-6-7-10-17(4,5)16-19-18-12-20(16)15-9-8-13(2)11-14(15)3/h8-9,11-12H,6-7,10H2,1-5H3. The maximum absolute atomic E-state index is 4.39. The predicted octanol–water partition coefficient (Wildman–Crippen LogP) is 4.35. The molecule has 1 aromatic heterocycles. The highest BCUT2D eigenvalue weighted by Crippen LogP contribution is 2.29. The number of aromatic nitrogens is 3. The van der Waals surface area contributed by atoms with E-state index in [4.69, 9.17) is 0 Å². The summed E-state index contributed by atoms with van der Waals surface area (Å²) in [7, 11) is 0. The van der Waals surface area contributed by atoms with Gasteiger partial charge in [0.2, 0.25) is 0 Å². The van der Waals surface area contributed by atoms with E-state index in [1.165, 1.54) is 29.7 Å². The molecule has 0 aliphatic carbocycles. The van der Waals surface area contributed by atoms with Crippen LogP contribution in [0.2, 0.25) is 0 Å². The highest BCUT2D eigenvalue weighted by Gasteiger charge is 2.26. The van der Waals surface area contributed by atoms with E-state index < -0.39 is 0 Å². The van der Waals surface area contributed by atoms with Gasteiger partial charge in [-0.25, -0.2) is 0 Å². The number of benzene rings is 1. The molecular formula is C17H25N3. The lowest BCUT2D eigenvalue weighted by atomic mass is 9.86. The Morgan fingerprint density at radius 3 is 2.60 bits per heavy atom. The van der Waals surface area contributed by atoms with Gasteiger partial charge in [-0.3, -0.25) is 4.57 Å². The molecular weight excluding hydrogens is 246 g/mol. The predicted molar refractivity (Wildman–Crippen MR) is 83.4 cm³/mol. The summed E-state index contributed by atoms with van der Waals surface area (Å²) in [4.78, 5) is 0. The molecule has 0 N–H and O–H groups in total. The molecule has 0 amide bonds. The number of nitrogens with zero attached hydrogens (tertiary/aromatic N) is 3. The van der Waals surface area contributed by atoms with Crippen molar-refractivity contribution >= 4 is 0 Å². The van der Waals surface area contributed by atoms with Crippen LogP contribution < -0.4 is 0 Å². The van der Waals surface area contributed by atoms with Crippen molar-refractivity contribution in [2.75, 3.05) is 0 Å². The first kappa shape index (κ1) is 14.8. The van der Waals surface area contributed by atoms with Crippen LogP contribution >= 0.6 is 0 Å². The molecule has 0 atom stereocenters. The summed E-state index contributed by atoms with van der Waals surface area (Å²) >= 11 is 0. The topological polar surface area (TPSA) is 30.7 Å². The first-order chi connectivity index (χ1) is 9.45. The van der Waals surface area contributed by atoms with E-state index in [0.717, 1.165) is 12.2 Å². The molecule has 1 heterocycles. The summed E-state index contributed by atoms with van der Waals surface area (Å²) in [6, 6.07) is 6.51. The summed E-state index contributed by atoms with van der Waals surface area (Å²) < 4.78 is 2.14. The largest absolute Gasteiger partial charge is 0.285 e. The molecule has 0 saturated heterocycles. The second-order valence-electron chi connectivity index (χ2n) is 6.30. The van der Waals surface area contributed by atoms with Gasteiger partial charge in [0.1, 0.15) is 12.2 Å². The maximum atomic E-state index is 4.39. The normalized spacial score (nSPS) is 11.8. The number of aryl methyl sites for hydroxylation is 2. The minimum Gasteiger partial charge on any atom is -0.285 e. The van der Waals surface area contributed by atoms with Gasteiger partial charge in [0.15, 0.2) is 0 Å². The average Bonchev–Trinajstić information content (AvgIpc) is 2.86. The van der Waals surface area contributed by atoms with Crippen molar-refractivity contribution < 1.29 is 0 Å². The van der Waals surface area contributed by atoms with Gasteiger partial charge in [-0.2, -0.15) is 0 Å². The molecule has 20 heavy (non-hydrogen) atoms. The Morgan fingerprint density at radius 2 is 1.95 bits per heavy atom. The van der Waals surface area contributed by atoms with E-state index in [1.54, 1.807) is 0 Å². The Balaban J connectivity index is 2.42. The van der Waals surface area contributed by atoms with Crippen LogP contribution in [0.4, 0.5) is 0 Å². The van der Waals surface area contributed by atoms with Crippen LogP contribution in [-0.4, -0.2) is 14.8 Å². The van der Waals surface area contributed by atoms with Gasteiger partial charge in [-0.15, -0.1) is 10.2 Å². The van der Waals surface area contributed by atoms with Crippen molar-refractivity contribution in [3.8, 4) is 5.69 Å². The van der Waals surface area contributed by atoms with E-state index in [0.29, 0.717) is 0 Å². The summed E-state index contributed by atoms with van der Waals surface area (Å²) in [5.74, 6) is 1.05. The minimum absolute atomic E-state index is 0.0455. The molecule has 108 valence electrons. The molecule has 2 aromatic rings. The first-order valence-corrected chi connectivity index (χ1v) is 7.44. The molecule has 3 nitrogen and oxygen atoms in total. The molecule has 0 aliphatic heterocycles. The zero-order valence-electron chi connectivity index (χ0n) is 13.3. The van der Waals surface area contributed by atoms with Gasteiger partial charge >= 0.3 is 0 Å². The first-order valence-electron chi connectivity index (χ1n) is 7.44. The van der Waals surface area contributed by atoms with Crippen molar-refractivity contribution in [3.05, 3.63) is 41.5 Å². The van der Waals surface area contributed by atoms with Crippen LogP contribution in [0.3, 0.4) is 0 Å². The van der Waals surface area contributed by atoms with E-state index in [-0.39, 0.29) is 5.41 Å². The van der Waals surface area contributed by atoms with E-state index in [9.17, 15) is 0 Å². The van der Waals surface area contributed by atoms with E-state index >= 15 is 0 Å². The molecule has 1 aromatic carbocycles. The van der Waals surface area contributed by atoms with Crippen LogP contribution in [-0.2, 0) is 5.41 Å². The number of unbranched alkanes of at least 4 members (excludes halogenated alkanes) is 1. The Labute approximate surface area is 122 Å². The van der Waals surface area contributed by atoms with Gasteiger partial charge in [-0.05, 0) is 31.9 Å². The zero-order chi connectivity index (χ0) is 14.8. The maximum Gasteiger partial charge on any atom is 0.143 e. The average molecular weight is 271 g/mol. The molecule has 0 bridgehead atoms. The van der Waals surface area contributed by atoms with Crippen LogP contribution in [0.25, 0.3) is 5.69 Å². The smallest absolute Gasteiger partial charge is 0.143 e. The fourth-order valence-corrected chi connectivity index (χ4v) is 2.68. The third-order valence-corrected chi connectivity index (χ3v) is 3.92. The minimum atomic E-state index is 0.0455. The summed E-state index contributed by atoms with van der Waals surface area (Å²) in [5.41, 5.74) is 3.77. The second-order valence-corrected chi connectivity index (χ2v) is 6.30. The Bertz CT molecular complexity index is 582. The number of hydrogen-bond acceptors (Lipinski definition) is 2. The molecule has 0 radical (unpaired) electrons. The van der Waals surface area contributed by atoms with E-state index in [2.05, 4.69) is 67.6 Å². The molecule has 0 aliphatic rings. The molecule has 0 saturated carbocycles. The molecule has 0 spiro atoms. The number of rotatable bonds is 5. The van der Waals surface area contributed by atoms with Crippen molar-refractivity contribution in [2.45, 2.75) is 59.3 Å². The molecule has 0 unspecified atom stereocenters. The lowest BCUT2D eigenvalue weighted by molar-refractivity contribution is 0.425. The summed E-state index contributed by atoms with van der Waals surface area (Å²) in [5, 5.41) is 8.54. The third-order valence-electron chi connectivity index (χ3n) is 3.92. The monoisotopic (exact) mass is 271 g/mol. The Hall–Kier alpha value is -1.64. The van der Waals surface area contributed by atoms with Gasteiger partial charge in [0, 0.05) is 5.41 Å². The van der Waals surface area contributed by atoms with Gasteiger partial charge in [-0.1, -0.05) is 51.3 Å². The quantitative estimate of drug-likeness (QED) is 0.809. The van der Waals surface area contributed by atoms with Crippen LogP contribution in [0.15, 0.2) is 24.5 Å². The fraction of sp³-hybridized carbons (Fsp3) is 0.529. The van der Waals surface area contributed by atoms with E-state index in [1.807, 2.05) is 6.33 Å². The SMILES string of the molecule is CCCCC(C)(C)c1nncn1-c1ccc(C)cc1C. The molecule has 0 fully saturated rings. The highest BCUT2D eigenvalue weighted by atomic mass is 15.3. The van der Waals surface area contributed by atoms with Gasteiger partial charge < -0.3 is 0 Å². The van der Waals surface area contributed by atoms with Crippen molar-refractivity contribution in [3.63, 3.8) is 0 Å². The lowest BCUT2D eigenvalue weighted by Gasteiger charge is -2.24. The van der Waals surface area contributed by atoms with Crippen LogP contribution in [0.5, 0.6) is 0 Å². The molecule has 3 heteroatoms. The van der Waals surface area contributed by atoms with Crippen LogP contribution in [0, 0.1) is 13.8 Å². The third kappa shape index (κ3) is 2.92. The van der Waals surface area contributed by atoms with Crippen molar-refractivity contribution in [2.24, 2.45) is 0 Å². The van der Waals surface area contributed by atoms with Gasteiger partial charge in [0.25, 0.3) is 0 Å². The summed E-state index contributed by atoms with van der Waals surface area (Å²) in [6.07, 6.45) is 5.39. The zero-order valence-corrected chi connectivity index (χ0v) is 13.3. The summed E-state index contributed by atoms with van der Waals surface area (Å²) in [6.45, 7) is 11.0. The van der Waals surface area contributed by atoms with Crippen molar-refractivity contribution in [1.29, 1.82) is 0 Å². The number of hydrogen-bond donors (Lipinski definition) is 0. The fourth-order valence-electron chi connectivity index (χ4n) is 2.68. The van der Waals surface area contributed by atoms with Crippen molar-refractivity contribution in [1.82, 2.24) is 14.8 Å².